The van der Waals surface area contributed by atoms with E-state index in [1.807, 2.05) is 6.92 Å². The van der Waals surface area contributed by atoms with Gasteiger partial charge in [-0.25, -0.2) is 4.79 Å². The molecular weight excluding hydrogens is 156 g/mol. The lowest BCUT2D eigenvalue weighted by Crippen LogP contribution is -2.54. The van der Waals surface area contributed by atoms with Crippen molar-refractivity contribution < 1.29 is 9.53 Å². The lowest BCUT2D eigenvalue weighted by molar-refractivity contribution is 0.0382. The Morgan fingerprint density at radius 1 is 1.67 bits per heavy atom. The van der Waals surface area contributed by atoms with Crippen molar-refractivity contribution in [3.05, 3.63) is 0 Å². The van der Waals surface area contributed by atoms with Gasteiger partial charge in [0.25, 0.3) is 0 Å². The van der Waals surface area contributed by atoms with E-state index in [1.54, 1.807) is 11.9 Å². The van der Waals surface area contributed by atoms with Crippen LogP contribution in [0.1, 0.15) is 6.92 Å². The van der Waals surface area contributed by atoms with Gasteiger partial charge in [0.15, 0.2) is 0 Å². The second-order valence-electron chi connectivity index (χ2n) is 2.99. The zero-order valence-electron chi connectivity index (χ0n) is 7.67. The van der Waals surface area contributed by atoms with Crippen molar-refractivity contribution in [1.29, 1.82) is 0 Å². The molecule has 70 valence electrons. The van der Waals surface area contributed by atoms with E-state index >= 15 is 0 Å². The van der Waals surface area contributed by atoms with E-state index in [4.69, 9.17) is 4.74 Å². The van der Waals surface area contributed by atoms with Crippen LogP contribution in [0, 0.1) is 5.92 Å². The molecule has 1 aliphatic heterocycles. The fourth-order valence-electron chi connectivity index (χ4n) is 1.28. The Bertz CT molecular complexity index is 155. The number of carbonyl (C=O) groups excluding carboxylic acids is 1. The lowest BCUT2D eigenvalue weighted by Gasteiger charge is -2.38. The summed E-state index contributed by atoms with van der Waals surface area (Å²) in [5, 5.41) is 2.59. The molecule has 0 bridgehead atoms. The first-order valence-corrected chi connectivity index (χ1v) is 4.32. The normalized spacial score (nSPS) is 17.3. The molecule has 1 fully saturated rings. The van der Waals surface area contributed by atoms with Crippen LogP contribution in [0.15, 0.2) is 0 Å². The first-order valence-electron chi connectivity index (χ1n) is 4.32. The molecule has 4 heteroatoms. The van der Waals surface area contributed by atoms with Crippen molar-refractivity contribution in [2.45, 2.75) is 6.92 Å². The summed E-state index contributed by atoms with van der Waals surface area (Å²) < 4.78 is 5.24. The molecule has 0 unspecified atom stereocenters. The monoisotopic (exact) mass is 172 g/mol. The number of ether oxygens (including phenoxy) is 1. The smallest absolute Gasteiger partial charge is 0.317 e. The van der Waals surface area contributed by atoms with Crippen molar-refractivity contribution in [3.8, 4) is 0 Å². The topological polar surface area (TPSA) is 41.6 Å². The largest absolute Gasteiger partial charge is 0.381 e. The minimum Gasteiger partial charge on any atom is -0.381 e. The summed E-state index contributed by atoms with van der Waals surface area (Å²) in [6, 6.07) is 0.0164. The standard InChI is InChI=1S/C8H16N2O2/c1-3-12-6-7-4-10(5-7)8(11)9-2/h7H,3-6H2,1-2H3,(H,9,11). The fraction of sp³-hybridized carbons (Fsp3) is 0.875. The minimum atomic E-state index is 0.0164. The van der Waals surface area contributed by atoms with E-state index < -0.39 is 0 Å². The second kappa shape index (κ2) is 4.30. The molecule has 12 heavy (non-hydrogen) atoms. The molecule has 0 radical (unpaired) electrons. The third-order valence-corrected chi connectivity index (χ3v) is 2.02. The van der Waals surface area contributed by atoms with Crippen LogP contribution >= 0.6 is 0 Å². The maximum atomic E-state index is 11.0. The van der Waals surface area contributed by atoms with E-state index in [-0.39, 0.29) is 6.03 Å². The molecule has 0 saturated carbocycles. The summed E-state index contributed by atoms with van der Waals surface area (Å²) in [5.74, 6) is 0.544. The Labute approximate surface area is 72.9 Å². The Morgan fingerprint density at radius 3 is 2.83 bits per heavy atom. The molecule has 0 spiro atoms. The Balaban J connectivity index is 2.07. The Hall–Kier alpha value is -0.770. The van der Waals surface area contributed by atoms with Crippen LogP contribution in [-0.4, -0.2) is 44.3 Å². The zero-order chi connectivity index (χ0) is 8.97. The Kier molecular flexibility index (Phi) is 3.34. The van der Waals surface area contributed by atoms with Crippen molar-refractivity contribution in [3.63, 3.8) is 0 Å². The van der Waals surface area contributed by atoms with Crippen molar-refractivity contribution in [2.24, 2.45) is 5.92 Å². The van der Waals surface area contributed by atoms with Crippen molar-refractivity contribution in [2.75, 3.05) is 33.4 Å². The fourth-order valence-corrected chi connectivity index (χ4v) is 1.28. The van der Waals surface area contributed by atoms with E-state index in [9.17, 15) is 4.79 Å². The highest BCUT2D eigenvalue weighted by Gasteiger charge is 2.29. The number of nitrogens with zero attached hydrogens (tertiary/aromatic N) is 1. The first-order chi connectivity index (χ1) is 5.77. The summed E-state index contributed by atoms with van der Waals surface area (Å²) in [4.78, 5) is 12.8. The number of rotatable bonds is 3. The van der Waals surface area contributed by atoms with Gasteiger partial charge < -0.3 is 15.0 Å². The molecule has 0 aromatic carbocycles. The van der Waals surface area contributed by atoms with E-state index in [0.717, 1.165) is 26.3 Å². The molecule has 0 atom stereocenters. The molecule has 0 aliphatic carbocycles. The van der Waals surface area contributed by atoms with E-state index in [2.05, 4.69) is 5.32 Å². The number of hydrogen-bond donors (Lipinski definition) is 1. The van der Waals surface area contributed by atoms with Crippen LogP contribution < -0.4 is 5.32 Å². The maximum Gasteiger partial charge on any atom is 0.317 e. The third-order valence-electron chi connectivity index (χ3n) is 2.02. The highest BCUT2D eigenvalue weighted by atomic mass is 16.5. The maximum absolute atomic E-state index is 11.0. The quantitative estimate of drug-likeness (QED) is 0.665. The Morgan fingerprint density at radius 2 is 2.33 bits per heavy atom. The number of likely N-dealkylation sites (tertiary alicyclic amines) is 1. The molecular formula is C8H16N2O2. The third kappa shape index (κ3) is 2.11. The zero-order valence-corrected chi connectivity index (χ0v) is 7.67. The van der Waals surface area contributed by atoms with Gasteiger partial charge in [0.2, 0.25) is 0 Å². The molecule has 0 aromatic rings. The second-order valence-corrected chi connectivity index (χ2v) is 2.99. The van der Waals surface area contributed by atoms with Crippen molar-refractivity contribution in [1.82, 2.24) is 10.2 Å². The predicted molar refractivity (Wildman–Crippen MR) is 46.0 cm³/mol. The molecule has 1 saturated heterocycles. The number of carbonyl (C=O) groups is 1. The van der Waals surface area contributed by atoms with Gasteiger partial charge in [-0.3, -0.25) is 0 Å². The van der Waals surface area contributed by atoms with Crippen LogP contribution in [0.5, 0.6) is 0 Å². The highest BCUT2D eigenvalue weighted by molar-refractivity contribution is 5.74. The van der Waals surface area contributed by atoms with E-state index in [0.29, 0.717) is 5.92 Å². The summed E-state index contributed by atoms with van der Waals surface area (Å²) in [6.07, 6.45) is 0. The summed E-state index contributed by atoms with van der Waals surface area (Å²) >= 11 is 0. The van der Waals surface area contributed by atoms with Crippen LogP contribution in [0.4, 0.5) is 4.79 Å². The van der Waals surface area contributed by atoms with Gasteiger partial charge in [-0.1, -0.05) is 0 Å². The van der Waals surface area contributed by atoms with Gasteiger partial charge in [-0.15, -0.1) is 0 Å². The predicted octanol–water partition coefficient (Wildman–Crippen LogP) is 0.294. The van der Waals surface area contributed by atoms with Gasteiger partial charge in [0.05, 0.1) is 6.61 Å². The first kappa shape index (κ1) is 9.32. The lowest BCUT2D eigenvalue weighted by atomic mass is 10.0. The summed E-state index contributed by atoms with van der Waals surface area (Å²) in [7, 11) is 1.65. The molecule has 1 aliphatic rings. The number of hydrogen-bond acceptors (Lipinski definition) is 2. The molecule has 2 amide bonds. The number of urea groups is 1. The van der Waals surface area contributed by atoms with Gasteiger partial charge in [0.1, 0.15) is 0 Å². The van der Waals surface area contributed by atoms with Crippen molar-refractivity contribution >= 4 is 6.03 Å². The minimum absolute atomic E-state index is 0.0164. The molecule has 1 heterocycles. The summed E-state index contributed by atoms with van der Waals surface area (Å²) in [6.45, 7) is 5.19. The van der Waals surface area contributed by atoms with Gasteiger partial charge in [-0.2, -0.15) is 0 Å². The average Bonchev–Trinajstić information content (AvgIpc) is 2.01. The average molecular weight is 172 g/mol. The van der Waals surface area contributed by atoms with Crippen LogP contribution in [0.2, 0.25) is 0 Å². The van der Waals surface area contributed by atoms with Gasteiger partial charge >= 0.3 is 6.03 Å². The van der Waals surface area contributed by atoms with Gasteiger partial charge in [0, 0.05) is 32.7 Å². The van der Waals surface area contributed by atoms with E-state index in [1.165, 1.54) is 0 Å². The van der Waals surface area contributed by atoms with Crippen LogP contribution in [0.25, 0.3) is 0 Å². The SMILES string of the molecule is CCOCC1CN(C(=O)NC)C1. The molecule has 0 aromatic heterocycles. The number of nitrogens with one attached hydrogen (secondary N) is 1. The molecule has 1 rings (SSSR count). The number of amides is 2. The molecule has 1 N–H and O–H groups in total. The highest BCUT2D eigenvalue weighted by Crippen LogP contribution is 2.15. The van der Waals surface area contributed by atoms with Crippen LogP contribution in [0.3, 0.4) is 0 Å². The summed E-state index contributed by atoms with van der Waals surface area (Å²) in [5.41, 5.74) is 0. The van der Waals surface area contributed by atoms with Gasteiger partial charge in [-0.05, 0) is 6.92 Å². The van der Waals surface area contributed by atoms with Crippen LogP contribution in [-0.2, 0) is 4.74 Å². The molecule has 4 nitrogen and oxygen atoms in total.